The Morgan fingerprint density at radius 1 is 1.00 bits per heavy atom. The maximum Gasteiger partial charge on any atom is 0.412 e. The monoisotopic (exact) mass is 390 g/mol. The summed E-state index contributed by atoms with van der Waals surface area (Å²) in [7, 11) is 0. The minimum atomic E-state index is -0.577. The molecule has 0 saturated heterocycles. The van der Waals surface area contributed by atoms with E-state index in [1.54, 1.807) is 6.92 Å². The van der Waals surface area contributed by atoms with E-state index in [-0.39, 0.29) is 0 Å². The Labute approximate surface area is 171 Å². The summed E-state index contributed by atoms with van der Waals surface area (Å²) in [5, 5.41) is 6.78. The first-order chi connectivity index (χ1) is 13.8. The summed E-state index contributed by atoms with van der Waals surface area (Å²) in [5.74, 6) is 1.28. The first-order valence-electron chi connectivity index (χ1n) is 9.97. The van der Waals surface area contributed by atoms with Crippen LogP contribution in [-0.4, -0.2) is 16.9 Å². The number of hydrogen-bond acceptors (Lipinski definition) is 4. The lowest BCUT2D eigenvalue weighted by Gasteiger charge is -2.19. The number of carbonyl (C=O) groups excluding carboxylic acids is 1. The van der Waals surface area contributed by atoms with Gasteiger partial charge in [-0.25, -0.2) is 4.79 Å². The molecule has 0 spiro atoms. The Kier molecular flexibility index (Phi) is 4.91. The summed E-state index contributed by atoms with van der Waals surface area (Å²) in [6, 6.07) is 16.9. The maximum absolute atomic E-state index is 12.2. The number of nitrogens with zero attached hydrogens (tertiary/aromatic N) is 1. The minimum Gasteiger partial charge on any atom is -0.444 e. The van der Waals surface area contributed by atoms with Crippen LogP contribution in [-0.2, 0) is 4.74 Å². The fraction of sp³-hybridized carbons (Fsp3) is 0.333. The second-order valence-electron chi connectivity index (χ2n) is 8.57. The predicted molar refractivity (Wildman–Crippen MR) is 114 cm³/mol. The molecule has 1 N–H and O–H groups in total. The van der Waals surface area contributed by atoms with E-state index in [9.17, 15) is 4.79 Å². The summed E-state index contributed by atoms with van der Waals surface area (Å²) in [6.45, 7) is 7.26. The Morgan fingerprint density at radius 3 is 2.10 bits per heavy atom. The van der Waals surface area contributed by atoms with E-state index in [1.807, 2.05) is 32.9 Å². The maximum atomic E-state index is 12.2. The van der Waals surface area contributed by atoms with Crippen molar-refractivity contribution in [2.45, 2.75) is 52.1 Å². The number of anilines is 1. The van der Waals surface area contributed by atoms with Gasteiger partial charge < -0.3 is 9.26 Å². The van der Waals surface area contributed by atoms with Crippen molar-refractivity contribution in [2.75, 3.05) is 5.32 Å². The SMILES string of the molecule is Cc1noc(-c2ccc(-c3ccc(C4CC4)cc3)cc2)c1NC(=O)OC(C)(C)C. The zero-order valence-corrected chi connectivity index (χ0v) is 17.3. The minimum absolute atomic E-state index is 0.518. The van der Waals surface area contributed by atoms with Crippen LogP contribution >= 0.6 is 0 Å². The van der Waals surface area contributed by atoms with Gasteiger partial charge in [0.25, 0.3) is 0 Å². The highest BCUT2D eigenvalue weighted by Gasteiger charge is 2.23. The Balaban J connectivity index is 1.54. The van der Waals surface area contributed by atoms with Crippen molar-refractivity contribution in [3.63, 3.8) is 0 Å². The second-order valence-corrected chi connectivity index (χ2v) is 8.57. The highest BCUT2D eigenvalue weighted by atomic mass is 16.6. The van der Waals surface area contributed by atoms with Crippen molar-refractivity contribution in [2.24, 2.45) is 0 Å². The third kappa shape index (κ3) is 4.50. The molecule has 150 valence electrons. The van der Waals surface area contributed by atoms with Crippen molar-refractivity contribution in [3.05, 3.63) is 59.8 Å². The number of aryl methyl sites for hydroxylation is 1. The van der Waals surface area contributed by atoms with Gasteiger partial charge in [0.1, 0.15) is 17.0 Å². The molecular formula is C24H26N2O3. The van der Waals surface area contributed by atoms with Crippen LogP contribution < -0.4 is 5.32 Å². The molecule has 0 aliphatic heterocycles. The number of nitrogens with one attached hydrogen (secondary N) is 1. The molecule has 1 aliphatic carbocycles. The number of benzene rings is 2. The fourth-order valence-electron chi connectivity index (χ4n) is 3.30. The molecule has 3 aromatic rings. The molecule has 0 radical (unpaired) electrons. The molecule has 4 rings (SSSR count). The average molecular weight is 390 g/mol. The van der Waals surface area contributed by atoms with E-state index in [1.165, 1.54) is 24.0 Å². The van der Waals surface area contributed by atoms with Gasteiger partial charge in [-0.3, -0.25) is 5.32 Å². The van der Waals surface area contributed by atoms with E-state index in [0.717, 1.165) is 17.0 Å². The van der Waals surface area contributed by atoms with Gasteiger partial charge in [-0.1, -0.05) is 53.7 Å². The van der Waals surface area contributed by atoms with Crippen molar-refractivity contribution in [1.82, 2.24) is 5.16 Å². The molecule has 1 aromatic heterocycles. The van der Waals surface area contributed by atoms with Gasteiger partial charge in [0.05, 0.1) is 0 Å². The molecule has 0 atom stereocenters. The van der Waals surface area contributed by atoms with Crippen LogP contribution in [0.2, 0.25) is 0 Å². The van der Waals surface area contributed by atoms with Crippen LogP contribution in [0.25, 0.3) is 22.5 Å². The average Bonchev–Trinajstić information content (AvgIpc) is 3.46. The lowest BCUT2D eigenvalue weighted by Crippen LogP contribution is -2.27. The molecule has 1 amide bonds. The topological polar surface area (TPSA) is 64.4 Å². The normalized spacial score (nSPS) is 13.9. The highest BCUT2D eigenvalue weighted by Crippen LogP contribution is 2.40. The molecule has 2 aromatic carbocycles. The standard InChI is InChI=1S/C24H26N2O3/c1-15-21(25-23(27)28-24(2,3)4)22(29-26-15)20-13-11-19(12-14-20)18-9-7-17(8-10-18)16-5-6-16/h7-14,16H,5-6H2,1-4H3,(H,25,27). The number of hydrogen-bond donors (Lipinski definition) is 1. The first-order valence-corrected chi connectivity index (χ1v) is 9.97. The lowest BCUT2D eigenvalue weighted by atomic mass is 10.0. The van der Waals surface area contributed by atoms with Crippen LogP contribution in [0.15, 0.2) is 53.1 Å². The third-order valence-corrected chi connectivity index (χ3v) is 4.93. The van der Waals surface area contributed by atoms with Crippen molar-refractivity contribution >= 4 is 11.8 Å². The molecule has 5 heteroatoms. The third-order valence-electron chi connectivity index (χ3n) is 4.93. The smallest absolute Gasteiger partial charge is 0.412 e. The van der Waals surface area contributed by atoms with Gasteiger partial charge in [0.2, 0.25) is 0 Å². The predicted octanol–water partition coefficient (Wildman–Crippen LogP) is 6.54. The van der Waals surface area contributed by atoms with Crippen LogP contribution in [0.5, 0.6) is 0 Å². The van der Waals surface area contributed by atoms with Crippen molar-refractivity contribution < 1.29 is 14.1 Å². The molecule has 29 heavy (non-hydrogen) atoms. The van der Waals surface area contributed by atoms with Gasteiger partial charge >= 0.3 is 6.09 Å². The number of aromatic nitrogens is 1. The molecule has 0 unspecified atom stereocenters. The largest absolute Gasteiger partial charge is 0.444 e. The van der Waals surface area contributed by atoms with E-state index in [0.29, 0.717) is 17.1 Å². The summed E-state index contributed by atoms with van der Waals surface area (Å²) in [4.78, 5) is 12.2. The molecule has 1 heterocycles. The second kappa shape index (κ2) is 7.39. The van der Waals surface area contributed by atoms with E-state index in [4.69, 9.17) is 9.26 Å². The van der Waals surface area contributed by atoms with Crippen LogP contribution in [0.1, 0.15) is 50.8 Å². The molecular weight excluding hydrogens is 364 g/mol. The molecule has 5 nitrogen and oxygen atoms in total. The van der Waals surface area contributed by atoms with Crippen LogP contribution in [0, 0.1) is 6.92 Å². The van der Waals surface area contributed by atoms with Crippen molar-refractivity contribution in [3.8, 4) is 22.5 Å². The number of rotatable bonds is 4. The van der Waals surface area contributed by atoms with Gasteiger partial charge in [-0.15, -0.1) is 0 Å². The summed E-state index contributed by atoms with van der Waals surface area (Å²) >= 11 is 0. The van der Waals surface area contributed by atoms with Crippen LogP contribution in [0.3, 0.4) is 0 Å². The van der Waals surface area contributed by atoms with Gasteiger partial charge in [-0.05, 0) is 63.1 Å². The van der Waals surface area contributed by atoms with Gasteiger partial charge in [0, 0.05) is 5.56 Å². The summed E-state index contributed by atoms with van der Waals surface area (Å²) in [6.07, 6.45) is 2.09. The summed E-state index contributed by atoms with van der Waals surface area (Å²) < 4.78 is 10.8. The van der Waals surface area contributed by atoms with Gasteiger partial charge in [0.15, 0.2) is 5.76 Å². The first kappa shape index (κ1) is 19.2. The highest BCUT2D eigenvalue weighted by molar-refractivity contribution is 5.91. The van der Waals surface area contributed by atoms with E-state index >= 15 is 0 Å². The molecule has 0 bridgehead atoms. The van der Waals surface area contributed by atoms with E-state index < -0.39 is 11.7 Å². The molecule has 1 fully saturated rings. The Bertz CT molecular complexity index is 1010. The Morgan fingerprint density at radius 2 is 1.55 bits per heavy atom. The van der Waals surface area contributed by atoms with Gasteiger partial charge in [-0.2, -0.15) is 0 Å². The molecule has 1 aliphatic rings. The zero-order valence-electron chi connectivity index (χ0n) is 17.3. The lowest BCUT2D eigenvalue weighted by molar-refractivity contribution is 0.0635. The van der Waals surface area contributed by atoms with E-state index in [2.05, 4.69) is 46.9 Å². The number of carbonyl (C=O) groups is 1. The van der Waals surface area contributed by atoms with Crippen LogP contribution in [0.4, 0.5) is 10.5 Å². The Hall–Kier alpha value is -3.08. The number of amides is 1. The fourth-order valence-corrected chi connectivity index (χ4v) is 3.30. The quantitative estimate of drug-likeness (QED) is 0.549. The number of ether oxygens (including phenoxy) is 1. The zero-order chi connectivity index (χ0) is 20.6. The van der Waals surface area contributed by atoms with Crippen molar-refractivity contribution in [1.29, 1.82) is 0 Å². The summed E-state index contributed by atoms with van der Waals surface area (Å²) in [5.41, 5.74) is 5.14. The molecule has 1 saturated carbocycles.